The lowest BCUT2D eigenvalue weighted by molar-refractivity contribution is 0.111. The molecule has 0 saturated carbocycles. The van der Waals surface area contributed by atoms with Gasteiger partial charge in [-0.1, -0.05) is 6.92 Å². The summed E-state index contributed by atoms with van der Waals surface area (Å²) in [5.74, 6) is 0. The highest BCUT2D eigenvalue weighted by Gasteiger charge is 2.16. The Balaban J connectivity index is 2.08. The van der Waals surface area contributed by atoms with Crippen LogP contribution in [-0.4, -0.2) is 31.3 Å². The lowest BCUT2D eigenvalue weighted by Crippen LogP contribution is -2.43. The summed E-state index contributed by atoms with van der Waals surface area (Å²) in [6, 6.07) is 0.148. The molecule has 2 atom stereocenters. The van der Waals surface area contributed by atoms with Crippen molar-refractivity contribution < 1.29 is 9.53 Å². The quantitative estimate of drug-likeness (QED) is 0.718. The minimum Gasteiger partial charge on any atom is -0.376 e. The van der Waals surface area contributed by atoms with Crippen LogP contribution in [0.5, 0.6) is 0 Å². The van der Waals surface area contributed by atoms with Crippen LogP contribution in [-0.2, 0) is 4.74 Å². The Morgan fingerprint density at radius 3 is 3.00 bits per heavy atom. The van der Waals surface area contributed by atoms with Crippen molar-refractivity contribution in [3.63, 3.8) is 0 Å². The molecule has 0 aromatic heterocycles. The van der Waals surface area contributed by atoms with Gasteiger partial charge in [-0.05, 0) is 26.2 Å². The summed E-state index contributed by atoms with van der Waals surface area (Å²) in [7, 11) is 0. The second kappa shape index (κ2) is 5.86. The SMILES string of the molecule is CCC(C)NC(=O)NCC1CCCO1. The van der Waals surface area contributed by atoms with E-state index >= 15 is 0 Å². The van der Waals surface area contributed by atoms with Gasteiger partial charge < -0.3 is 15.4 Å². The molecule has 1 aliphatic rings. The van der Waals surface area contributed by atoms with Gasteiger partial charge in [-0.2, -0.15) is 0 Å². The largest absolute Gasteiger partial charge is 0.376 e. The first kappa shape index (κ1) is 11.3. The van der Waals surface area contributed by atoms with E-state index in [2.05, 4.69) is 10.6 Å². The average Bonchev–Trinajstić information content (AvgIpc) is 2.67. The van der Waals surface area contributed by atoms with E-state index < -0.39 is 0 Å². The van der Waals surface area contributed by atoms with Crippen LogP contribution in [0.25, 0.3) is 0 Å². The number of hydrogen-bond donors (Lipinski definition) is 2. The van der Waals surface area contributed by atoms with Gasteiger partial charge in [0.05, 0.1) is 6.10 Å². The van der Waals surface area contributed by atoms with Crippen molar-refractivity contribution in [2.45, 2.75) is 45.3 Å². The van der Waals surface area contributed by atoms with Gasteiger partial charge in [-0.3, -0.25) is 0 Å². The monoisotopic (exact) mass is 200 g/mol. The number of rotatable bonds is 4. The van der Waals surface area contributed by atoms with E-state index in [4.69, 9.17) is 4.74 Å². The van der Waals surface area contributed by atoms with Gasteiger partial charge in [0.1, 0.15) is 0 Å². The number of nitrogens with one attached hydrogen (secondary N) is 2. The molecule has 4 heteroatoms. The van der Waals surface area contributed by atoms with E-state index in [0.717, 1.165) is 25.9 Å². The van der Waals surface area contributed by atoms with Crippen molar-refractivity contribution in [1.82, 2.24) is 10.6 Å². The fraction of sp³-hybridized carbons (Fsp3) is 0.900. The van der Waals surface area contributed by atoms with Gasteiger partial charge in [0, 0.05) is 19.2 Å². The third kappa shape index (κ3) is 3.96. The van der Waals surface area contributed by atoms with E-state index in [1.54, 1.807) is 0 Å². The topological polar surface area (TPSA) is 50.4 Å². The number of ether oxygens (including phenoxy) is 1. The maximum atomic E-state index is 11.3. The van der Waals surface area contributed by atoms with Crippen molar-refractivity contribution in [3.8, 4) is 0 Å². The molecule has 1 fully saturated rings. The smallest absolute Gasteiger partial charge is 0.315 e. The number of amides is 2. The molecule has 0 aromatic rings. The Morgan fingerprint density at radius 2 is 2.43 bits per heavy atom. The third-order valence-corrected chi connectivity index (χ3v) is 2.50. The Morgan fingerprint density at radius 1 is 1.64 bits per heavy atom. The van der Waals surface area contributed by atoms with Crippen molar-refractivity contribution >= 4 is 6.03 Å². The summed E-state index contributed by atoms with van der Waals surface area (Å²) in [5, 5.41) is 5.66. The first-order valence-electron chi connectivity index (χ1n) is 5.38. The van der Waals surface area contributed by atoms with Crippen molar-refractivity contribution in [1.29, 1.82) is 0 Å². The number of carbonyl (C=O) groups excluding carboxylic acids is 1. The molecule has 1 aliphatic heterocycles. The molecule has 2 amide bonds. The van der Waals surface area contributed by atoms with Crippen LogP contribution in [0.3, 0.4) is 0 Å². The molecule has 1 heterocycles. The van der Waals surface area contributed by atoms with Gasteiger partial charge >= 0.3 is 6.03 Å². The predicted molar refractivity (Wildman–Crippen MR) is 55.3 cm³/mol. The standard InChI is InChI=1S/C10H20N2O2/c1-3-8(2)12-10(13)11-7-9-5-4-6-14-9/h8-9H,3-7H2,1-2H3,(H2,11,12,13). The highest BCUT2D eigenvalue weighted by atomic mass is 16.5. The van der Waals surface area contributed by atoms with Crippen molar-refractivity contribution in [3.05, 3.63) is 0 Å². The lowest BCUT2D eigenvalue weighted by Gasteiger charge is -2.14. The van der Waals surface area contributed by atoms with Gasteiger partial charge in [0.15, 0.2) is 0 Å². The molecule has 4 nitrogen and oxygen atoms in total. The van der Waals surface area contributed by atoms with Crippen LogP contribution in [0.2, 0.25) is 0 Å². The maximum absolute atomic E-state index is 11.3. The van der Waals surface area contributed by atoms with Crippen LogP contribution in [0.1, 0.15) is 33.1 Å². The summed E-state index contributed by atoms with van der Waals surface area (Å²) in [4.78, 5) is 11.3. The Bertz CT molecular complexity index is 179. The van der Waals surface area contributed by atoms with Gasteiger partial charge in [-0.15, -0.1) is 0 Å². The first-order valence-corrected chi connectivity index (χ1v) is 5.38. The molecular weight excluding hydrogens is 180 g/mol. The predicted octanol–water partition coefficient (Wildman–Crippen LogP) is 1.26. The van der Waals surface area contributed by atoms with Gasteiger partial charge in [-0.25, -0.2) is 4.79 Å². The zero-order valence-electron chi connectivity index (χ0n) is 9.01. The number of carbonyl (C=O) groups is 1. The zero-order chi connectivity index (χ0) is 10.4. The van der Waals surface area contributed by atoms with Crippen LogP contribution in [0, 0.1) is 0 Å². The Hall–Kier alpha value is -0.770. The summed E-state index contributed by atoms with van der Waals surface area (Å²) in [6.07, 6.45) is 3.34. The zero-order valence-corrected chi connectivity index (χ0v) is 9.01. The highest BCUT2D eigenvalue weighted by molar-refractivity contribution is 5.74. The third-order valence-electron chi connectivity index (χ3n) is 2.50. The Labute approximate surface area is 85.4 Å². The molecule has 0 aliphatic carbocycles. The summed E-state index contributed by atoms with van der Waals surface area (Å²) < 4.78 is 5.39. The maximum Gasteiger partial charge on any atom is 0.315 e. The molecule has 0 bridgehead atoms. The number of hydrogen-bond acceptors (Lipinski definition) is 2. The van der Waals surface area contributed by atoms with Crippen LogP contribution < -0.4 is 10.6 Å². The van der Waals surface area contributed by atoms with E-state index in [1.807, 2.05) is 13.8 Å². The van der Waals surface area contributed by atoms with Gasteiger partial charge in [0.2, 0.25) is 0 Å². The van der Waals surface area contributed by atoms with Crippen LogP contribution in [0.4, 0.5) is 4.79 Å². The van der Waals surface area contributed by atoms with E-state index in [0.29, 0.717) is 6.54 Å². The summed E-state index contributed by atoms with van der Waals surface area (Å²) >= 11 is 0. The average molecular weight is 200 g/mol. The second-order valence-corrected chi connectivity index (χ2v) is 3.80. The first-order chi connectivity index (χ1) is 6.72. The highest BCUT2D eigenvalue weighted by Crippen LogP contribution is 2.10. The fourth-order valence-electron chi connectivity index (χ4n) is 1.39. The molecule has 2 N–H and O–H groups in total. The van der Waals surface area contributed by atoms with E-state index in [-0.39, 0.29) is 18.2 Å². The van der Waals surface area contributed by atoms with Gasteiger partial charge in [0.25, 0.3) is 0 Å². The Kier molecular flexibility index (Phi) is 4.73. The van der Waals surface area contributed by atoms with Crippen molar-refractivity contribution in [2.24, 2.45) is 0 Å². The normalized spacial score (nSPS) is 23.1. The number of urea groups is 1. The minimum absolute atomic E-state index is 0.0881. The molecule has 14 heavy (non-hydrogen) atoms. The molecule has 0 spiro atoms. The molecule has 82 valence electrons. The van der Waals surface area contributed by atoms with E-state index in [9.17, 15) is 4.79 Å². The fourth-order valence-corrected chi connectivity index (χ4v) is 1.39. The van der Waals surface area contributed by atoms with Crippen LogP contribution >= 0.6 is 0 Å². The molecule has 0 radical (unpaired) electrons. The van der Waals surface area contributed by atoms with E-state index in [1.165, 1.54) is 0 Å². The van der Waals surface area contributed by atoms with Crippen LogP contribution in [0.15, 0.2) is 0 Å². The molecule has 1 saturated heterocycles. The summed E-state index contributed by atoms with van der Waals surface area (Å²) in [6.45, 7) is 5.50. The molecule has 0 aromatic carbocycles. The summed E-state index contributed by atoms with van der Waals surface area (Å²) in [5.41, 5.74) is 0. The lowest BCUT2D eigenvalue weighted by atomic mass is 10.2. The molecule has 1 rings (SSSR count). The molecule has 2 unspecified atom stereocenters. The minimum atomic E-state index is -0.0881. The van der Waals surface area contributed by atoms with Crippen molar-refractivity contribution in [2.75, 3.05) is 13.2 Å². The second-order valence-electron chi connectivity index (χ2n) is 3.80. The molecular formula is C10H20N2O2.